The molecule has 0 atom stereocenters. The number of hydrogen-bond acceptors (Lipinski definition) is 7. The highest BCUT2D eigenvalue weighted by Gasteiger charge is 2.38. The molecule has 1 aliphatic rings. The number of thioether (sulfide) groups is 1. The van der Waals surface area contributed by atoms with E-state index in [2.05, 4.69) is 21.9 Å². The number of pyridine rings is 1. The molecule has 9 heteroatoms. The third-order valence-electron chi connectivity index (χ3n) is 6.39. The summed E-state index contributed by atoms with van der Waals surface area (Å²) >= 11 is 1.77. The van der Waals surface area contributed by atoms with Gasteiger partial charge >= 0.3 is 0 Å². The smallest absolute Gasteiger partial charge is 0.219 e. The van der Waals surface area contributed by atoms with Crippen molar-refractivity contribution >= 4 is 45.4 Å². The number of likely N-dealkylation sites (tertiary alicyclic amines) is 1. The predicted octanol–water partition coefficient (Wildman–Crippen LogP) is 3.46. The molecule has 1 aliphatic heterocycles. The normalized spacial score (nSPS) is 16.0. The summed E-state index contributed by atoms with van der Waals surface area (Å²) in [6.07, 6.45) is 3.63. The fourth-order valence-electron chi connectivity index (χ4n) is 4.59. The number of imidazole rings is 1. The van der Waals surface area contributed by atoms with Gasteiger partial charge in [-0.2, -0.15) is 11.8 Å². The number of aromatic nitrogens is 3. The zero-order valence-corrected chi connectivity index (χ0v) is 20.5. The Bertz CT molecular complexity index is 1120. The van der Waals surface area contributed by atoms with Crippen LogP contribution in [0.3, 0.4) is 0 Å². The van der Waals surface area contributed by atoms with Crippen molar-refractivity contribution in [1.29, 1.82) is 0 Å². The van der Waals surface area contributed by atoms with Gasteiger partial charge in [-0.3, -0.25) is 4.79 Å². The second kappa shape index (κ2) is 10.3. The van der Waals surface area contributed by atoms with Crippen LogP contribution in [-0.4, -0.2) is 69.3 Å². The van der Waals surface area contributed by atoms with Crippen molar-refractivity contribution in [2.75, 3.05) is 44.0 Å². The first-order chi connectivity index (χ1) is 16.0. The van der Waals surface area contributed by atoms with E-state index in [1.807, 2.05) is 30.0 Å². The lowest BCUT2D eigenvalue weighted by molar-refractivity contribution is -0.137. The van der Waals surface area contributed by atoms with Gasteiger partial charge < -0.3 is 24.7 Å². The van der Waals surface area contributed by atoms with Gasteiger partial charge in [0.05, 0.1) is 29.8 Å². The average molecular weight is 472 g/mol. The van der Waals surface area contributed by atoms with Crippen LogP contribution in [-0.2, 0) is 27.4 Å². The highest BCUT2D eigenvalue weighted by Crippen LogP contribution is 2.34. The van der Waals surface area contributed by atoms with Crippen LogP contribution in [0.5, 0.6) is 0 Å². The molecule has 0 bridgehead atoms. The fraction of sp³-hybridized carbons (Fsp3) is 0.542. The van der Waals surface area contributed by atoms with Crippen LogP contribution < -0.4 is 5.73 Å². The largest absolute Gasteiger partial charge is 0.382 e. The summed E-state index contributed by atoms with van der Waals surface area (Å²) in [5.74, 6) is 2.28. The van der Waals surface area contributed by atoms with Gasteiger partial charge in [0.2, 0.25) is 5.91 Å². The van der Waals surface area contributed by atoms with E-state index in [1.165, 1.54) is 0 Å². The van der Waals surface area contributed by atoms with E-state index in [0.29, 0.717) is 50.8 Å². The topological polar surface area (TPSA) is 95.5 Å². The summed E-state index contributed by atoms with van der Waals surface area (Å²) in [5, 5.41) is 1.01. The molecule has 8 nitrogen and oxygen atoms in total. The first kappa shape index (κ1) is 23.8. The fourth-order valence-corrected chi connectivity index (χ4v) is 4.84. The first-order valence-corrected chi connectivity index (χ1v) is 12.9. The summed E-state index contributed by atoms with van der Waals surface area (Å²) in [7, 11) is 0. The number of ether oxygens (including phenoxy) is 2. The van der Waals surface area contributed by atoms with Crippen molar-refractivity contribution in [3.05, 3.63) is 30.1 Å². The van der Waals surface area contributed by atoms with Gasteiger partial charge in [0.25, 0.3) is 0 Å². The summed E-state index contributed by atoms with van der Waals surface area (Å²) in [6.45, 7) is 7.26. The van der Waals surface area contributed by atoms with Gasteiger partial charge in [-0.05, 0) is 32.1 Å². The van der Waals surface area contributed by atoms with Crippen LogP contribution in [0, 0.1) is 0 Å². The number of fused-ring (bicyclic) bond motifs is 3. The SMILES string of the molecule is CCOCc1nc2c(N)nc3ccccc3c2n1CC1(OCCSC)CCN(C(C)=O)CC1. The monoisotopic (exact) mass is 471 g/mol. The molecule has 3 aromatic rings. The highest BCUT2D eigenvalue weighted by atomic mass is 32.2. The van der Waals surface area contributed by atoms with Crippen molar-refractivity contribution in [3.63, 3.8) is 0 Å². The Hall–Kier alpha value is -2.36. The number of nitrogen functional groups attached to an aromatic ring is 1. The average Bonchev–Trinajstić information content (AvgIpc) is 3.17. The number of anilines is 1. The van der Waals surface area contributed by atoms with Crippen LogP contribution in [0.2, 0.25) is 0 Å². The molecule has 0 saturated carbocycles. The summed E-state index contributed by atoms with van der Waals surface area (Å²) in [4.78, 5) is 23.3. The molecule has 0 aliphatic carbocycles. The van der Waals surface area contributed by atoms with Gasteiger partial charge in [-0.15, -0.1) is 0 Å². The van der Waals surface area contributed by atoms with Gasteiger partial charge in [0, 0.05) is 37.8 Å². The van der Waals surface area contributed by atoms with E-state index in [1.54, 1.807) is 18.7 Å². The second-order valence-electron chi connectivity index (χ2n) is 8.49. The van der Waals surface area contributed by atoms with Gasteiger partial charge in [0.15, 0.2) is 5.82 Å². The molecule has 0 spiro atoms. The summed E-state index contributed by atoms with van der Waals surface area (Å²) in [5.41, 5.74) is 8.46. The van der Waals surface area contributed by atoms with E-state index >= 15 is 0 Å². The quantitative estimate of drug-likeness (QED) is 0.478. The van der Waals surface area contributed by atoms with Crippen molar-refractivity contribution in [2.45, 2.75) is 45.4 Å². The van der Waals surface area contributed by atoms with Crippen LogP contribution in [0.1, 0.15) is 32.5 Å². The van der Waals surface area contributed by atoms with Gasteiger partial charge in [-0.25, -0.2) is 9.97 Å². The van der Waals surface area contributed by atoms with E-state index in [4.69, 9.17) is 20.2 Å². The maximum absolute atomic E-state index is 11.9. The number of nitrogens with two attached hydrogens (primary N) is 1. The molecule has 3 heterocycles. The number of amides is 1. The molecule has 1 fully saturated rings. The molecule has 33 heavy (non-hydrogen) atoms. The van der Waals surface area contributed by atoms with Crippen LogP contribution >= 0.6 is 11.8 Å². The van der Waals surface area contributed by atoms with Crippen LogP contribution in [0.15, 0.2) is 24.3 Å². The third-order valence-corrected chi connectivity index (χ3v) is 6.96. The Balaban J connectivity index is 1.80. The summed E-state index contributed by atoms with van der Waals surface area (Å²) < 4.78 is 14.6. The maximum atomic E-state index is 11.9. The van der Waals surface area contributed by atoms with Crippen molar-refractivity contribution in [2.24, 2.45) is 0 Å². The number of benzene rings is 1. The lowest BCUT2D eigenvalue weighted by Crippen LogP contribution is -2.50. The third kappa shape index (κ3) is 4.95. The Morgan fingerprint density at radius 1 is 1.24 bits per heavy atom. The molecule has 0 unspecified atom stereocenters. The van der Waals surface area contributed by atoms with Crippen LogP contribution in [0.4, 0.5) is 5.82 Å². The number of hydrogen-bond donors (Lipinski definition) is 1. The maximum Gasteiger partial charge on any atom is 0.219 e. The standard InChI is InChI=1S/C24H33N5O3S/c1-4-31-15-20-27-21-22(18-7-5-6-8-19(18)26-23(21)25)29(20)16-24(32-13-14-33-3)9-11-28(12-10-24)17(2)30/h5-8H,4,9-16H2,1-3H3,(H2,25,26). The molecule has 2 N–H and O–H groups in total. The number of piperidine rings is 1. The number of rotatable bonds is 9. The van der Waals surface area contributed by atoms with Crippen LogP contribution in [0.25, 0.3) is 21.9 Å². The number of carbonyl (C=O) groups excluding carboxylic acids is 1. The number of nitrogens with zero attached hydrogens (tertiary/aromatic N) is 4. The highest BCUT2D eigenvalue weighted by molar-refractivity contribution is 7.98. The van der Waals surface area contributed by atoms with Gasteiger partial charge in [0.1, 0.15) is 17.9 Å². The minimum absolute atomic E-state index is 0.114. The zero-order chi connectivity index (χ0) is 23.4. The molecule has 1 amide bonds. The predicted molar refractivity (Wildman–Crippen MR) is 133 cm³/mol. The molecule has 178 valence electrons. The van der Waals surface area contributed by atoms with E-state index < -0.39 is 5.60 Å². The Morgan fingerprint density at radius 2 is 2.00 bits per heavy atom. The first-order valence-electron chi connectivity index (χ1n) is 11.5. The van der Waals surface area contributed by atoms with E-state index in [9.17, 15) is 4.79 Å². The lowest BCUT2D eigenvalue weighted by atomic mass is 9.90. The second-order valence-corrected chi connectivity index (χ2v) is 9.48. The van der Waals surface area contributed by atoms with Gasteiger partial charge in [-0.1, -0.05) is 18.2 Å². The number of para-hydroxylation sites is 1. The summed E-state index contributed by atoms with van der Waals surface area (Å²) in [6, 6.07) is 8.01. The minimum atomic E-state index is -0.393. The molecular weight excluding hydrogens is 438 g/mol. The van der Waals surface area contributed by atoms with Crippen molar-refractivity contribution < 1.29 is 14.3 Å². The van der Waals surface area contributed by atoms with E-state index in [0.717, 1.165) is 40.8 Å². The van der Waals surface area contributed by atoms with E-state index in [-0.39, 0.29) is 5.91 Å². The molecule has 0 radical (unpaired) electrons. The molecular formula is C24H33N5O3S. The minimum Gasteiger partial charge on any atom is -0.382 e. The number of carbonyl (C=O) groups is 1. The van der Waals surface area contributed by atoms with Crippen molar-refractivity contribution in [1.82, 2.24) is 19.4 Å². The zero-order valence-electron chi connectivity index (χ0n) is 19.7. The Labute approximate surface area is 198 Å². The van der Waals surface area contributed by atoms with Crippen molar-refractivity contribution in [3.8, 4) is 0 Å². The Morgan fingerprint density at radius 3 is 2.70 bits per heavy atom. The molecule has 1 saturated heterocycles. The Kier molecular flexibility index (Phi) is 7.41. The lowest BCUT2D eigenvalue weighted by Gasteiger charge is -2.42. The molecule has 4 rings (SSSR count). The molecule has 1 aromatic carbocycles. The molecule has 2 aromatic heterocycles.